The van der Waals surface area contributed by atoms with Crippen LogP contribution in [0.4, 0.5) is 0 Å². The van der Waals surface area contributed by atoms with Gasteiger partial charge in [-0.15, -0.1) is 0 Å². The van der Waals surface area contributed by atoms with E-state index in [1.165, 1.54) is 19.4 Å². The number of ether oxygens (including phenoxy) is 1. The van der Waals surface area contributed by atoms with Gasteiger partial charge >= 0.3 is 0 Å². The smallest absolute Gasteiger partial charge is 0.249 e. The second-order valence-corrected chi connectivity index (χ2v) is 5.10. The molecule has 7 nitrogen and oxygen atoms in total. The summed E-state index contributed by atoms with van der Waals surface area (Å²) in [5, 5.41) is 15.9. The molecule has 0 saturated heterocycles. The van der Waals surface area contributed by atoms with E-state index in [1.54, 1.807) is 12.1 Å². The number of benzene rings is 1. The number of phenolic OH excluding ortho intramolecular Hbond substituents is 1. The fourth-order valence-corrected chi connectivity index (χ4v) is 1.52. The van der Waals surface area contributed by atoms with Crippen molar-refractivity contribution in [3.8, 4) is 11.5 Å². The first-order valence-corrected chi connectivity index (χ1v) is 6.88. The van der Waals surface area contributed by atoms with Crippen molar-refractivity contribution in [3.63, 3.8) is 0 Å². The van der Waals surface area contributed by atoms with Gasteiger partial charge in [-0.2, -0.15) is 5.10 Å². The molecular weight excluding hydrogens is 286 g/mol. The number of rotatable bonds is 7. The molecule has 0 atom stereocenters. The zero-order valence-corrected chi connectivity index (χ0v) is 12.9. The highest BCUT2D eigenvalue weighted by Crippen LogP contribution is 2.25. The fraction of sp³-hybridized carbons (Fsp3) is 0.400. The molecular formula is C15H21N3O4. The first kappa shape index (κ1) is 17.5. The van der Waals surface area contributed by atoms with Gasteiger partial charge in [0.1, 0.15) is 6.42 Å². The average Bonchev–Trinajstić information content (AvgIpc) is 2.46. The zero-order valence-electron chi connectivity index (χ0n) is 12.9. The number of nitrogens with zero attached hydrogens (tertiary/aromatic N) is 1. The lowest BCUT2D eigenvalue weighted by Gasteiger charge is -2.06. The maximum atomic E-state index is 11.5. The van der Waals surface area contributed by atoms with Crippen LogP contribution in [-0.2, 0) is 9.59 Å². The topological polar surface area (TPSA) is 100 Å². The summed E-state index contributed by atoms with van der Waals surface area (Å²) >= 11 is 0. The van der Waals surface area contributed by atoms with Crippen LogP contribution >= 0.6 is 0 Å². The van der Waals surface area contributed by atoms with Crippen LogP contribution in [0.25, 0.3) is 0 Å². The largest absolute Gasteiger partial charge is 0.504 e. The molecule has 0 fully saturated rings. The molecule has 7 heteroatoms. The summed E-state index contributed by atoms with van der Waals surface area (Å²) in [5.74, 6) is -0.181. The lowest BCUT2D eigenvalue weighted by atomic mass is 10.2. The molecule has 0 spiro atoms. The summed E-state index contributed by atoms with van der Waals surface area (Å²) in [6.45, 7) is 4.47. The lowest BCUT2D eigenvalue weighted by Crippen LogP contribution is -2.32. The van der Waals surface area contributed by atoms with E-state index in [0.29, 0.717) is 23.8 Å². The predicted molar refractivity (Wildman–Crippen MR) is 82.9 cm³/mol. The SMILES string of the molecule is COc1cc(/C=N\NC(=O)CC(=O)NCC(C)C)ccc1O. The molecule has 0 aliphatic rings. The molecule has 1 rings (SSSR count). The van der Waals surface area contributed by atoms with E-state index in [-0.39, 0.29) is 18.1 Å². The van der Waals surface area contributed by atoms with E-state index in [1.807, 2.05) is 13.8 Å². The molecule has 22 heavy (non-hydrogen) atoms. The summed E-state index contributed by atoms with van der Waals surface area (Å²) in [6.07, 6.45) is 1.12. The summed E-state index contributed by atoms with van der Waals surface area (Å²) in [6, 6.07) is 4.64. The van der Waals surface area contributed by atoms with Crippen LogP contribution in [-0.4, -0.2) is 36.8 Å². The number of methoxy groups -OCH3 is 1. The van der Waals surface area contributed by atoms with Crippen molar-refractivity contribution in [2.24, 2.45) is 11.0 Å². The minimum atomic E-state index is -0.497. The Hall–Kier alpha value is -2.57. The molecule has 1 aromatic carbocycles. The minimum absolute atomic E-state index is 0.0190. The third-order valence-corrected chi connectivity index (χ3v) is 2.64. The molecule has 0 saturated carbocycles. The van der Waals surface area contributed by atoms with E-state index < -0.39 is 5.91 Å². The Kier molecular flexibility index (Phi) is 6.88. The monoisotopic (exact) mass is 307 g/mol. The Morgan fingerprint density at radius 2 is 2.09 bits per heavy atom. The highest BCUT2D eigenvalue weighted by atomic mass is 16.5. The van der Waals surface area contributed by atoms with Crippen molar-refractivity contribution in [1.82, 2.24) is 10.7 Å². The van der Waals surface area contributed by atoms with Crippen molar-refractivity contribution in [1.29, 1.82) is 0 Å². The number of carbonyl (C=O) groups excluding carboxylic acids is 2. The van der Waals surface area contributed by atoms with Crippen molar-refractivity contribution < 1.29 is 19.4 Å². The van der Waals surface area contributed by atoms with Crippen LogP contribution < -0.4 is 15.5 Å². The number of hydrazone groups is 1. The normalized spacial score (nSPS) is 10.7. The van der Waals surface area contributed by atoms with Gasteiger partial charge < -0.3 is 15.2 Å². The second-order valence-electron chi connectivity index (χ2n) is 5.10. The highest BCUT2D eigenvalue weighted by Gasteiger charge is 2.08. The maximum absolute atomic E-state index is 11.5. The number of hydrogen-bond donors (Lipinski definition) is 3. The van der Waals surface area contributed by atoms with Crippen LogP contribution in [0.2, 0.25) is 0 Å². The third-order valence-electron chi connectivity index (χ3n) is 2.64. The molecule has 120 valence electrons. The quantitative estimate of drug-likeness (QED) is 0.398. The summed E-state index contributed by atoms with van der Waals surface area (Å²) in [7, 11) is 1.44. The standard InChI is InChI=1S/C15H21N3O4/c1-10(2)8-16-14(20)7-15(21)18-17-9-11-4-5-12(19)13(6-11)22-3/h4-6,9-10,19H,7-8H2,1-3H3,(H,16,20)(H,18,21)/b17-9-. The Morgan fingerprint density at radius 3 is 2.73 bits per heavy atom. The predicted octanol–water partition coefficient (Wildman–Crippen LogP) is 1.01. The number of phenols is 1. The molecule has 0 unspecified atom stereocenters. The van der Waals surface area contributed by atoms with Gasteiger partial charge in [-0.3, -0.25) is 9.59 Å². The fourth-order valence-electron chi connectivity index (χ4n) is 1.52. The first-order valence-electron chi connectivity index (χ1n) is 6.88. The zero-order chi connectivity index (χ0) is 16.5. The van der Waals surface area contributed by atoms with Crippen molar-refractivity contribution in [2.45, 2.75) is 20.3 Å². The van der Waals surface area contributed by atoms with E-state index >= 15 is 0 Å². The van der Waals surface area contributed by atoms with Crippen LogP contribution in [0.15, 0.2) is 23.3 Å². The molecule has 0 aliphatic carbocycles. The summed E-state index contributed by atoms with van der Waals surface area (Å²) in [5.41, 5.74) is 2.91. The Bertz CT molecular complexity index is 556. The Balaban J connectivity index is 2.45. The van der Waals surface area contributed by atoms with Crippen LogP contribution in [0.5, 0.6) is 11.5 Å². The Morgan fingerprint density at radius 1 is 1.36 bits per heavy atom. The molecule has 0 bridgehead atoms. The molecule has 0 radical (unpaired) electrons. The number of hydrogen-bond acceptors (Lipinski definition) is 5. The molecule has 0 heterocycles. The molecule has 1 aromatic rings. The molecule has 2 amide bonds. The van der Waals surface area contributed by atoms with Gasteiger partial charge in [0.2, 0.25) is 11.8 Å². The summed E-state index contributed by atoms with van der Waals surface area (Å²) in [4.78, 5) is 23.0. The number of carbonyl (C=O) groups is 2. The third kappa shape index (κ3) is 6.25. The summed E-state index contributed by atoms with van der Waals surface area (Å²) < 4.78 is 4.96. The van der Waals surface area contributed by atoms with Gasteiger partial charge in [0.25, 0.3) is 0 Å². The van der Waals surface area contributed by atoms with Crippen LogP contribution in [0.3, 0.4) is 0 Å². The molecule has 3 N–H and O–H groups in total. The number of aromatic hydroxyl groups is 1. The average molecular weight is 307 g/mol. The van der Waals surface area contributed by atoms with Crippen molar-refractivity contribution >= 4 is 18.0 Å². The Labute approximate surface area is 129 Å². The lowest BCUT2D eigenvalue weighted by molar-refractivity contribution is -0.129. The molecule has 0 aromatic heterocycles. The number of amides is 2. The molecule has 0 aliphatic heterocycles. The van der Waals surface area contributed by atoms with Gasteiger partial charge in [0, 0.05) is 6.54 Å². The van der Waals surface area contributed by atoms with E-state index in [9.17, 15) is 14.7 Å². The van der Waals surface area contributed by atoms with Gasteiger partial charge in [-0.1, -0.05) is 13.8 Å². The van der Waals surface area contributed by atoms with Gasteiger partial charge in [-0.05, 0) is 29.7 Å². The van der Waals surface area contributed by atoms with E-state index in [4.69, 9.17) is 4.74 Å². The van der Waals surface area contributed by atoms with Crippen molar-refractivity contribution in [2.75, 3.05) is 13.7 Å². The maximum Gasteiger partial charge on any atom is 0.249 e. The van der Waals surface area contributed by atoms with Gasteiger partial charge in [-0.25, -0.2) is 5.43 Å². The van der Waals surface area contributed by atoms with Gasteiger partial charge in [0.15, 0.2) is 11.5 Å². The van der Waals surface area contributed by atoms with Gasteiger partial charge in [0.05, 0.1) is 13.3 Å². The van der Waals surface area contributed by atoms with Crippen LogP contribution in [0.1, 0.15) is 25.8 Å². The number of nitrogens with one attached hydrogen (secondary N) is 2. The van der Waals surface area contributed by atoms with E-state index in [2.05, 4.69) is 15.8 Å². The highest BCUT2D eigenvalue weighted by molar-refractivity contribution is 5.97. The second kappa shape index (κ2) is 8.66. The van der Waals surface area contributed by atoms with Crippen LogP contribution in [0, 0.1) is 5.92 Å². The van der Waals surface area contributed by atoms with E-state index in [0.717, 1.165) is 0 Å². The van der Waals surface area contributed by atoms with Crippen molar-refractivity contribution in [3.05, 3.63) is 23.8 Å². The first-order chi connectivity index (χ1) is 10.4. The minimum Gasteiger partial charge on any atom is -0.504 e.